The van der Waals surface area contributed by atoms with Crippen LogP contribution in [-0.2, 0) is 9.53 Å². The van der Waals surface area contributed by atoms with Crippen LogP contribution in [0.4, 0.5) is 4.79 Å². The van der Waals surface area contributed by atoms with Gasteiger partial charge in [0.2, 0.25) is 5.91 Å². The molecule has 1 aliphatic heterocycles. The van der Waals surface area contributed by atoms with Crippen LogP contribution >= 0.6 is 0 Å². The van der Waals surface area contributed by atoms with Crippen molar-refractivity contribution >= 4 is 12.0 Å². The maximum Gasteiger partial charge on any atom is 0.410 e. The Hall–Kier alpha value is -1.30. The third-order valence-corrected chi connectivity index (χ3v) is 3.55. The first-order chi connectivity index (χ1) is 9.61. The Labute approximate surface area is 127 Å². The van der Waals surface area contributed by atoms with Crippen LogP contribution in [0, 0.1) is 5.92 Å². The second-order valence-electron chi connectivity index (χ2n) is 7.00. The molecular weight excluding hydrogens is 270 g/mol. The normalized spacial score (nSPS) is 20.7. The average Bonchev–Trinajstić information content (AvgIpc) is 2.74. The summed E-state index contributed by atoms with van der Waals surface area (Å²) in [5, 5.41) is 3.18. The fourth-order valence-electron chi connectivity index (χ4n) is 2.54. The lowest BCUT2D eigenvalue weighted by Crippen LogP contribution is -2.51. The van der Waals surface area contributed by atoms with Crippen molar-refractivity contribution in [3.63, 3.8) is 0 Å². The fourth-order valence-corrected chi connectivity index (χ4v) is 2.54. The second-order valence-corrected chi connectivity index (χ2v) is 7.00. The minimum Gasteiger partial charge on any atom is -0.444 e. The molecule has 1 aliphatic rings. The summed E-state index contributed by atoms with van der Waals surface area (Å²) in [5.41, 5.74) is 4.90. The predicted molar refractivity (Wildman–Crippen MR) is 81.8 cm³/mol. The van der Waals surface area contributed by atoms with Crippen molar-refractivity contribution < 1.29 is 14.3 Å². The minimum atomic E-state index is -0.495. The molecule has 0 spiro atoms. The monoisotopic (exact) mass is 299 g/mol. The van der Waals surface area contributed by atoms with Crippen LogP contribution in [0.1, 0.15) is 47.5 Å². The summed E-state index contributed by atoms with van der Waals surface area (Å²) >= 11 is 0. The fraction of sp³-hybridized carbons (Fsp3) is 0.867. The van der Waals surface area contributed by atoms with E-state index in [1.165, 1.54) is 0 Å². The molecular formula is C15H29N3O3. The van der Waals surface area contributed by atoms with E-state index in [-0.39, 0.29) is 30.0 Å². The SMILES string of the molecule is CC(C)C(NCC1CCCN1C(=O)OC(C)(C)C)C(N)=O. The van der Waals surface area contributed by atoms with Crippen molar-refractivity contribution in [2.24, 2.45) is 11.7 Å². The van der Waals surface area contributed by atoms with E-state index in [0.717, 1.165) is 12.8 Å². The van der Waals surface area contributed by atoms with Gasteiger partial charge in [0.05, 0.1) is 6.04 Å². The number of ether oxygens (including phenoxy) is 1. The lowest BCUT2D eigenvalue weighted by molar-refractivity contribution is -0.121. The number of hydrogen-bond acceptors (Lipinski definition) is 4. The average molecular weight is 299 g/mol. The van der Waals surface area contributed by atoms with Crippen molar-refractivity contribution in [1.29, 1.82) is 0 Å². The third kappa shape index (κ3) is 5.53. The summed E-state index contributed by atoms with van der Waals surface area (Å²) in [7, 11) is 0. The number of likely N-dealkylation sites (tertiary alicyclic amines) is 1. The second kappa shape index (κ2) is 7.11. The van der Waals surface area contributed by atoms with Gasteiger partial charge >= 0.3 is 6.09 Å². The molecule has 2 amide bonds. The van der Waals surface area contributed by atoms with Crippen LogP contribution in [0.5, 0.6) is 0 Å². The standard InChI is InChI=1S/C15H29N3O3/c1-10(2)12(13(16)19)17-9-11-7-6-8-18(11)14(20)21-15(3,4)5/h10-12,17H,6-9H2,1-5H3,(H2,16,19). The Balaban J connectivity index is 2.58. The van der Waals surface area contributed by atoms with Crippen LogP contribution in [0.2, 0.25) is 0 Å². The molecule has 0 saturated carbocycles. The highest BCUT2D eigenvalue weighted by Crippen LogP contribution is 2.20. The van der Waals surface area contributed by atoms with Gasteiger partial charge in [0.25, 0.3) is 0 Å². The molecule has 1 fully saturated rings. The maximum absolute atomic E-state index is 12.2. The number of carbonyl (C=O) groups is 2. The Morgan fingerprint density at radius 3 is 2.48 bits per heavy atom. The van der Waals surface area contributed by atoms with Gasteiger partial charge in [-0.15, -0.1) is 0 Å². The summed E-state index contributed by atoms with van der Waals surface area (Å²) < 4.78 is 5.42. The number of nitrogens with one attached hydrogen (secondary N) is 1. The van der Waals surface area contributed by atoms with Gasteiger partial charge < -0.3 is 20.7 Å². The Morgan fingerprint density at radius 2 is 2.00 bits per heavy atom. The number of nitrogens with zero attached hydrogens (tertiary/aromatic N) is 1. The molecule has 1 heterocycles. The van der Waals surface area contributed by atoms with E-state index in [2.05, 4.69) is 5.32 Å². The summed E-state index contributed by atoms with van der Waals surface area (Å²) in [6, 6.07) is -0.313. The highest BCUT2D eigenvalue weighted by atomic mass is 16.6. The number of amides is 2. The molecule has 0 aliphatic carbocycles. The van der Waals surface area contributed by atoms with Crippen molar-refractivity contribution in [2.75, 3.05) is 13.1 Å². The van der Waals surface area contributed by atoms with E-state index < -0.39 is 5.60 Å². The number of carbonyl (C=O) groups excluding carboxylic acids is 2. The largest absolute Gasteiger partial charge is 0.444 e. The van der Waals surface area contributed by atoms with E-state index in [1.807, 2.05) is 34.6 Å². The van der Waals surface area contributed by atoms with Crippen molar-refractivity contribution in [1.82, 2.24) is 10.2 Å². The molecule has 1 saturated heterocycles. The van der Waals surface area contributed by atoms with E-state index in [1.54, 1.807) is 4.90 Å². The molecule has 2 unspecified atom stereocenters. The molecule has 0 aromatic carbocycles. The van der Waals surface area contributed by atoms with Crippen molar-refractivity contribution in [3.05, 3.63) is 0 Å². The summed E-state index contributed by atoms with van der Waals surface area (Å²) in [5.74, 6) is -0.231. The topological polar surface area (TPSA) is 84.7 Å². The zero-order valence-electron chi connectivity index (χ0n) is 13.8. The quantitative estimate of drug-likeness (QED) is 0.805. The van der Waals surface area contributed by atoms with Crippen molar-refractivity contribution in [2.45, 2.75) is 65.1 Å². The van der Waals surface area contributed by atoms with Gasteiger partial charge in [-0.05, 0) is 39.5 Å². The zero-order chi connectivity index (χ0) is 16.2. The van der Waals surface area contributed by atoms with Gasteiger partial charge in [0, 0.05) is 19.1 Å². The van der Waals surface area contributed by atoms with Gasteiger partial charge in [-0.3, -0.25) is 4.79 Å². The molecule has 122 valence electrons. The zero-order valence-corrected chi connectivity index (χ0v) is 13.8. The van der Waals surface area contributed by atoms with E-state index >= 15 is 0 Å². The molecule has 21 heavy (non-hydrogen) atoms. The lowest BCUT2D eigenvalue weighted by Gasteiger charge is -2.30. The number of primary amides is 1. The first-order valence-electron chi connectivity index (χ1n) is 7.64. The molecule has 0 aromatic heterocycles. The van der Waals surface area contributed by atoms with Gasteiger partial charge in [-0.2, -0.15) is 0 Å². The lowest BCUT2D eigenvalue weighted by atomic mass is 10.0. The van der Waals surface area contributed by atoms with E-state index in [9.17, 15) is 9.59 Å². The van der Waals surface area contributed by atoms with Crippen molar-refractivity contribution in [3.8, 4) is 0 Å². The Bertz CT molecular complexity index is 377. The van der Waals surface area contributed by atoms with E-state index in [0.29, 0.717) is 13.1 Å². The number of hydrogen-bond donors (Lipinski definition) is 2. The predicted octanol–water partition coefficient (Wildman–Crippen LogP) is 1.49. The molecule has 2 atom stereocenters. The summed E-state index contributed by atoms with van der Waals surface area (Å²) in [4.78, 5) is 25.3. The molecule has 1 rings (SSSR count). The minimum absolute atomic E-state index is 0.0560. The van der Waals surface area contributed by atoms with Crippen LogP contribution in [0.15, 0.2) is 0 Å². The van der Waals surface area contributed by atoms with Gasteiger partial charge in [-0.25, -0.2) is 4.79 Å². The smallest absolute Gasteiger partial charge is 0.410 e. The summed E-state index contributed by atoms with van der Waals surface area (Å²) in [6.45, 7) is 10.7. The first-order valence-corrected chi connectivity index (χ1v) is 7.64. The van der Waals surface area contributed by atoms with Crippen LogP contribution in [-0.4, -0.2) is 47.7 Å². The molecule has 6 nitrogen and oxygen atoms in total. The van der Waals surface area contributed by atoms with E-state index in [4.69, 9.17) is 10.5 Å². The van der Waals surface area contributed by atoms with Crippen LogP contribution in [0.3, 0.4) is 0 Å². The summed E-state index contributed by atoms with van der Waals surface area (Å²) in [6.07, 6.45) is 1.58. The van der Waals surface area contributed by atoms with Gasteiger partial charge in [-0.1, -0.05) is 13.8 Å². The Kier molecular flexibility index (Phi) is 6.01. The Morgan fingerprint density at radius 1 is 1.38 bits per heavy atom. The van der Waals surface area contributed by atoms with Gasteiger partial charge in [0.15, 0.2) is 0 Å². The number of rotatable bonds is 5. The maximum atomic E-state index is 12.2. The van der Waals surface area contributed by atoms with Crippen LogP contribution in [0.25, 0.3) is 0 Å². The third-order valence-electron chi connectivity index (χ3n) is 3.55. The van der Waals surface area contributed by atoms with Crippen LogP contribution < -0.4 is 11.1 Å². The molecule has 3 N–H and O–H groups in total. The molecule has 0 radical (unpaired) electrons. The first kappa shape index (κ1) is 17.8. The van der Waals surface area contributed by atoms with Gasteiger partial charge in [0.1, 0.15) is 5.60 Å². The number of nitrogens with two attached hydrogens (primary N) is 1. The molecule has 0 aromatic rings. The highest BCUT2D eigenvalue weighted by molar-refractivity contribution is 5.80. The molecule has 0 bridgehead atoms. The highest BCUT2D eigenvalue weighted by Gasteiger charge is 2.33. The molecule has 6 heteroatoms.